The van der Waals surface area contributed by atoms with E-state index in [1.54, 1.807) is 0 Å². The summed E-state index contributed by atoms with van der Waals surface area (Å²) in [4.78, 5) is 38.2. The van der Waals surface area contributed by atoms with Gasteiger partial charge in [0, 0.05) is 19.3 Å². The lowest BCUT2D eigenvalue weighted by Crippen LogP contribution is -2.30. The van der Waals surface area contributed by atoms with E-state index >= 15 is 0 Å². The zero-order valence-electron chi connectivity index (χ0n) is 46.2. The lowest BCUT2D eigenvalue weighted by Gasteiger charge is -2.18. The molecule has 1 atom stereocenters. The van der Waals surface area contributed by atoms with Crippen molar-refractivity contribution in [3.63, 3.8) is 0 Å². The third-order valence-electron chi connectivity index (χ3n) is 12.2. The average molecular weight is 986 g/mol. The van der Waals surface area contributed by atoms with Gasteiger partial charge in [0.2, 0.25) is 0 Å². The van der Waals surface area contributed by atoms with Gasteiger partial charge in [0.1, 0.15) is 13.2 Å². The topological polar surface area (TPSA) is 78.9 Å². The minimum Gasteiger partial charge on any atom is -0.462 e. The Hall–Kier alpha value is -3.93. The number of allylic oxidation sites excluding steroid dienone is 18. The summed E-state index contributed by atoms with van der Waals surface area (Å²) in [6, 6.07) is 0. The minimum atomic E-state index is -0.799. The maximum absolute atomic E-state index is 12.9. The van der Waals surface area contributed by atoms with E-state index in [0.717, 1.165) is 148 Å². The number of esters is 3. The molecule has 71 heavy (non-hydrogen) atoms. The zero-order valence-corrected chi connectivity index (χ0v) is 46.2. The van der Waals surface area contributed by atoms with Crippen molar-refractivity contribution >= 4 is 17.9 Å². The first-order chi connectivity index (χ1) is 35.0. The van der Waals surface area contributed by atoms with Crippen LogP contribution in [-0.4, -0.2) is 37.2 Å². The second kappa shape index (κ2) is 58.6. The molecule has 6 nitrogen and oxygen atoms in total. The summed E-state index contributed by atoms with van der Waals surface area (Å²) in [5, 5.41) is 0. The molecule has 0 heterocycles. The molecule has 0 fully saturated rings. The van der Waals surface area contributed by atoms with Crippen molar-refractivity contribution in [2.75, 3.05) is 13.2 Å². The van der Waals surface area contributed by atoms with E-state index in [9.17, 15) is 14.4 Å². The number of hydrogen-bond acceptors (Lipinski definition) is 6. The molecule has 0 aliphatic carbocycles. The fourth-order valence-corrected chi connectivity index (χ4v) is 7.82. The summed E-state index contributed by atoms with van der Waals surface area (Å²) in [6.07, 6.45) is 79.3. The monoisotopic (exact) mass is 985 g/mol. The standard InChI is InChI=1S/C65H108O6/c1-4-7-10-13-16-19-22-25-28-29-30-31-32-33-34-35-38-40-43-46-49-52-55-58-64(67)70-61-62(71-65(68)59-56-53-50-47-44-41-37-27-24-21-18-15-12-9-6-3)60-69-63(66)57-54-51-48-45-42-39-36-26-23-20-17-14-11-8-5-2/h7,10,16-21,25-28,30-31,33-34,36-37,62H,4-6,8-9,11-15,22-24,29,32,35,38-61H2,1-3H3/b10-7-,19-16-,20-17-,21-18-,28-25-,31-30-,34-33-,36-26-,37-27-. The molecule has 404 valence electrons. The summed E-state index contributed by atoms with van der Waals surface area (Å²) in [5.41, 5.74) is 0. The Bertz CT molecular complexity index is 1460. The first-order valence-corrected chi connectivity index (χ1v) is 29.4. The zero-order chi connectivity index (χ0) is 51.4. The Balaban J connectivity index is 4.42. The molecule has 0 N–H and O–H groups in total. The Morgan fingerprint density at radius 3 is 0.859 bits per heavy atom. The van der Waals surface area contributed by atoms with Crippen LogP contribution in [0.15, 0.2) is 109 Å². The van der Waals surface area contributed by atoms with Crippen LogP contribution in [0.5, 0.6) is 0 Å². The fraction of sp³-hybridized carbons (Fsp3) is 0.677. The normalized spacial score (nSPS) is 12.9. The minimum absolute atomic E-state index is 0.0956. The van der Waals surface area contributed by atoms with Crippen molar-refractivity contribution in [1.82, 2.24) is 0 Å². The molecule has 0 bridgehead atoms. The first-order valence-electron chi connectivity index (χ1n) is 29.4. The molecule has 0 amide bonds. The van der Waals surface area contributed by atoms with Gasteiger partial charge in [-0.3, -0.25) is 14.4 Å². The van der Waals surface area contributed by atoms with Crippen molar-refractivity contribution < 1.29 is 28.6 Å². The van der Waals surface area contributed by atoms with Crippen molar-refractivity contribution in [1.29, 1.82) is 0 Å². The van der Waals surface area contributed by atoms with Gasteiger partial charge in [-0.25, -0.2) is 0 Å². The van der Waals surface area contributed by atoms with Gasteiger partial charge in [0.25, 0.3) is 0 Å². The van der Waals surface area contributed by atoms with Gasteiger partial charge in [-0.1, -0.05) is 226 Å². The van der Waals surface area contributed by atoms with E-state index in [1.165, 1.54) is 77.0 Å². The van der Waals surface area contributed by atoms with E-state index in [4.69, 9.17) is 14.2 Å². The molecular weight excluding hydrogens is 877 g/mol. The lowest BCUT2D eigenvalue weighted by molar-refractivity contribution is -0.167. The Morgan fingerprint density at radius 1 is 0.296 bits per heavy atom. The molecule has 0 saturated heterocycles. The second-order valence-corrected chi connectivity index (χ2v) is 19.2. The molecule has 0 aliphatic rings. The molecule has 1 unspecified atom stereocenters. The van der Waals surface area contributed by atoms with Gasteiger partial charge in [-0.05, 0) is 128 Å². The van der Waals surface area contributed by atoms with E-state index < -0.39 is 6.10 Å². The second-order valence-electron chi connectivity index (χ2n) is 19.2. The Labute approximate surface area is 438 Å². The van der Waals surface area contributed by atoms with Gasteiger partial charge < -0.3 is 14.2 Å². The van der Waals surface area contributed by atoms with Crippen LogP contribution < -0.4 is 0 Å². The molecule has 0 aliphatic heterocycles. The van der Waals surface area contributed by atoms with Gasteiger partial charge in [0.05, 0.1) is 0 Å². The number of hydrogen-bond donors (Lipinski definition) is 0. The predicted molar refractivity (Wildman–Crippen MR) is 307 cm³/mol. The van der Waals surface area contributed by atoms with E-state index in [1.807, 2.05) is 0 Å². The molecule has 0 radical (unpaired) electrons. The predicted octanol–water partition coefficient (Wildman–Crippen LogP) is 19.9. The fourth-order valence-electron chi connectivity index (χ4n) is 7.82. The van der Waals surface area contributed by atoms with Crippen LogP contribution >= 0.6 is 0 Å². The van der Waals surface area contributed by atoms with Crippen LogP contribution in [0.2, 0.25) is 0 Å². The molecule has 0 spiro atoms. The highest BCUT2D eigenvalue weighted by molar-refractivity contribution is 5.71. The highest BCUT2D eigenvalue weighted by Crippen LogP contribution is 2.14. The summed E-state index contributed by atoms with van der Waals surface area (Å²) in [7, 11) is 0. The largest absolute Gasteiger partial charge is 0.462 e. The average Bonchev–Trinajstić information content (AvgIpc) is 3.37. The Morgan fingerprint density at radius 2 is 0.549 bits per heavy atom. The van der Waals surface area contributed by atoms with Crippen LogP contribution in [0, 0.1) is 0 Å². The Kier molecular flexibility index (Phi) is 55.4. The molecule has 0 aromatic heterocycles. The van der Waals surface area contributed by atoms with Crippen LogP contribution in [0.1, 0.15) is 265 Å². The van der Waals surface area contributed by atoms with Crippen LogP contribution in [0.4, 0.5) is 0 Å². The molecule has 0 rings (SSSR count). The number of unbranched alkanes of at least 4 members (excludes halogenated alkanes) is 23. The summed E-state index contributed by atoms with van der Waals surface area (Å²) in [6.45, 7) is 6.44. The number of rotatable bonds is 52. The SMILES string of the molecule is CC/C=C\C/C=C\C/C=C\C/C=C\C/C=C\CCCCCCCCCC(=O)OCC(COC(=O)CCCCCCC/C=C\C/C=C\CCCCC)OC(=O)CCCCCCC/C=C\C/C=C\CCCCC. The van der Waals surface area contributed by atoms with Crippen molar-refractivity contribution in [3.8, 4) is 0 Å². The van der Waals surface area contributed by atoms with E-state index in [2.05, 4.69) is 130 Å². The van der Waals surface area contributed by atoms with Gasteiger partial charge in [0.15, 0.2) is 6.10 Å². The molecular formula is C65H108O6. The maximum Gasteiger partial charge on any atom is 0.306 e. The summed E-state index contributed by atoms with van der Waals surface area (Å²) in [5.74, 6) is -0.932. The molecule has 0 saturated carbocycles. The van der Waals surface area contributed by atoms with Gasteiger partial charge in [-0.15, -0.1) is 0 Å². The molecule has 0 aromatic carbocycles. The van der Waals surface area contributed by atoms with Crippen LogP contribution in [0.25, 0.3) is 0 Å². The van der Waals surface area contributed by atoms with E-state index in [-0.39, 0.29) is 31.1 Å². The molecule has 0 aromatic rings. The van der Waals surface area contributed by atoms with Gasteiger partial charge in [-0.2, -0.15) is 0 Å². The number of ether oxygens (including phenoxy) is 3. The van der Waals surface area contributed by atoms with Gasteiger partial charge >= 0.3 is 17.9 Å². The number of carbonyl (C=O) groups is 3. The van der Waals surface area contributed by atoms with Crippen molar-refractivity contribution in [2.45, 2.75) is 271 Å². The lowest BCUT2D eigenvalue weighted by atomic mass is 10.1. The van der Waals surface area contributed by atoms with Crippen LogP contribution in [-0.2, 0) is 28.6 Å². The quantitative estimate of drug-likeness (QED) is 0.0261. The van der Waals surface area contributed by atoms with Crippen molar-refractivity contribution in [2.24, 2.45) is 0 Å². The summed E-state index contributed by atoms with van der Waals surface area (Å²) >= 11 is 0. The highest BCUT2D eigenvalue weighted by atomic mass is 16.6. The summed E-state index contributed by atoms with van der Waals surface area (Å²) < 4.78 is 16.9. The third kappa shape index (κ3) is 56.9. The smallest absolute Gasteiger partial charge is 0.306 e. The third-order valence-corrected chi connectivity index (χ3v) is 12.2. The maximum atomic E-state index is 12.9. The molecule has 6 heteroatoms. The van der Waals surface area contributed by atoms with E-state index in [0.29, 0.717) is 19.3 Å². The van der Waals surface area contributed by atoms with Crippen molar-refractivity contribution in [3.05, 3.63) is 109 Å². The highest BCUT2D eigenvalue weighted by Gasteiger charge is 2.19. The first kappa shape index (κ1) is 67.1. The number of carbonyl (C=O) groups excluding carboxylic acids is 3. The van der Waals surface area contributed by atoms with Crippen LogP contribution in [0.3, 0.4) is 0 Å².